The molecule has 33 nitrogen and oxygen atoms in total. The standard InChI is InChI=1S/C36H65NO14.C28H50O13S.C13H19NO4/c1-3-8-42-10-12-44-14-16-46-18-20-48-22-24-50-26-27-51-25-23-49-21-19-47-17-15-45-13-11-43-9-7-37(6-4-5-36(40)41-2)35-29-33(31-38)28-34(30-35)32-39;1-3-8-31-9-10-32-11-12-33-13-14-34-15-16-35-17-18-36-19-20-37-21-22-38-23-24-39-25-26-40-41-42(29,30)28-6-4-27(2)5-7-28;1-18-13(17)3-2-4-14-12-6-10(8-15)5-11(7-12)9-16/h28-30,38-39H,3-27,31-32H2,1-2H3;4-7H,3,8-26H2,1-2H3;5-7,14-16H,2-4,8-9H2,1H3. The lowest BCUT2D eigenvalue weighted by molar-refractivity contribution is -0.210. The Labute approximate surface area is 658 Å². The van der Waals surface area contributed by atoms with Crippen LogP contribution in [0.5, 0.6) is 0 Å². The van der Waals surface area contributed by atoms with Gasteiger partial charge in [-0.25, -0.2) is 4.89 Å². The lowest BCUT2D eigenvalue weighted by Gasteiger charge is -2.26. The third kappa shape index (κ3) is 66.0. The van der Waals surface area contributed by atoms with Gasteiger partial charge in [0.2, 0.25) is 0 Å². The third-order valence-electron chi connectivity index (χ3n) is 14.6. The highest BCUT2D eigenvalue weighted by Crippen LogP contribution is 2.21. The van der Waals surface area contributed by atoms with Gasteiger partial charge in [-0.2, -0.15) is 8.42 Å². The average Bonchev–Trinajstić information content (AvgIpc) is 0.858. The van der Waals surface area contributed by atoms with Crippen LogP contribution in [0.25, 0.3) is 0 Å². The number of hydrogen-bond acceptors (Lipinski definition) is 33. The van der Waals surface area contributed by atoms with Crippen molar-refractivity contribution in [3.63, 3.8) is 0 Å². The van der Waals surface area contributed by atoms with Crippen LogP contribution in [-0.4, -0.2) is 332 Å². The number of nitrogens with one attached hydrogen (secondary N) is 1. The van der Waals surface area contributed by atoms with Crippen LogP contribution in [0.4, 0.5) is 11.4 Å². The third-order valence-corrected chi connectivity index (χ3v) is 15.7. The molecule has 0 aliphatic carbocycles. The maximum atomic E-state index is 12.0. The maximum absolute atomic E-state index is 12.0. The molecule has 0 aromatic heterocycles. The molecule has 34 heteroatoms. The van der Waals surface area contributed by atoms with E-state index in [1.54, 1.807) is 24.3 Å². The van der Waals surface area contributed by atoms with Crippen molar-refractivity contribution in [1.82, 2.24) is 0 Å². The van der Waals surface area contributed by atoms with Gasteiger partial charge < -0.3 is 130 Å². The second-order valence-corrected chi connectivity index (χ2v) is 25.3. The monoisotopic (exact) mass is 1610 g/mol. The summed E-state index contributed by atoms with van der Waals surface area (Å²) < 4.78 is 141. The highest BCUT2D eigenvalue weighted by Gasteiger charge is 2.17. The van der Waals surface area contributed by atoms with Gasteiger partial charge in [0.05, 0.1) is 283 Å². The summed E-state index contributed by atoms with van der Waals surface area (Å²) in [6.07, 6.45) is 3.98. The van der Waals surface area contributed by atoms with Gasteiger partial charge in [-0.3, -0.25) is 9.59 Å². The number of aryl methyl sites for hydroxylation is 1. The molecule has 0 atom stereocenters. The van der Waals surface area contributed by atoms with Gasteiger partial charge >= 0.3 is 22.1 Å². The SMILES string of the molecule is CCCOCCOCCOCCOCCOCCOCCOCCOCCOCCOCCN(CCCC(=O)OC)c1cc(CO)cc(CO)c1.CCCOCCOCCOCCOCCOCCOCCOCCOCCOCCOOS(=O)(=O)c1ccc(C)cc1.COC(=O)CCCNc1cc(CO)cc(CO)c1. The van der Waals surface area contributed by atoms with Gasteiger partial charge in [-0.05, 0) is 91.3 Å². The molecule has 3 aromatic carbocycles. The summed E-state index contributed by atoms with van der Waals surface area (Å²) in [5, 5.41) is 40.5. The summed E-state index contributed by atoms with van der Waals surface area (Å²) in [6.45, 7) is 26.4. The number of anilines is 2. The van der Waals surface area contributed by atoms with Crippen molar-refractivity contribution in [3.05, 3.63) is 88.5 Å². The summed E-state index contributed by atoms with van der Waals surface area (Å²) >= 11 is 0. The zero-order valence-electron chi connectivity index (χ0n) is 66.7. The molecule has 0 aliphatic rings. The van der Waals surface area contributed by atoms with E-state index in [2.05, 4.69) is 33.1 Å². The van der Waals surface area contributed by atoms with Crippen molar-refractivity contribution in [1.29, 1.82) is 0 Å². The molecule has 0 heterocycles. The number of ether oxygens (including phenoxy) is 21. The van der Waals surface area contributed by atoms with E-state index in [4.69, 9.17) is 110 Å². The normalized spacial score (nSPS) is 11.4. The molecule has 3 aromatic rings. The van der Waals surface area contributed by atoms with E-state index >= 15 is 0 Å². The van der Waals surface area contributed by atoms with Crippen molar-refractivity contribution in [2.24, 2.45) is 0 Å². The van der Waals surface area contributed by atoms with Crippen LogP contribution in [0.3, 0.4) is 0 Å². The molecule has 5 N–H and O–H groups in total. The quantitative estimate of drug-likeness (QED) is 0.0209. The minimum absolute atomic E-state index is 0.0303. The predicted molar refractivity (Wildman–Crippen MR) is 411 cm³/mol. The van der Waals surface area contributed by atoms with Crippen LogP contribution in [0.1, 0.15) is 80.2 Å². The summed E-state index contributed by atoms with van der Waals surface area (Å²) in [5.41, 5.74) is 5.55. The number of aliphatic hydroxyl groups excluding tert-OH is 4. The van der Waals surface area contributed by atoms with Crippen LogP contribution in [0.2, 0.25) is 0 Å². The molecule has 0 fully saturated rings. The first-order chi connectivity index (χ1) is 54.4. The summed E-state index contributed by atoms with van der Waals surface area (Å²) in [6, 6.07) is 17.2. The fourth-order valence-electron chi connectivity index (χ4n) is 8.95. The minimum Gasteiger partial charge on any atom is -0.469 e. The Hall–Kier alpha value is -4.85. The predicted octanol–water partition coefficient (Wildman–Crippen LogP) is 5.23. The van der Waals surface area contributed by atoms with E-state index in [9.17, 15) is 28.2 Å². The number of benzene rings is 3. The van der Waals surface area contributed by atoms with Crippen LogP contribution >= 0.6 is 0 Å². The number of carbonyl (C=O) groups excluding carboxylic acids is 2. The zero-order chi connectivity index (χ0) is 80.7. The van der Waals surface area contributed by atoms with Crippen molar-refractivity contribution in [2.75, 3.05) is 302 Å². The fourth-order valence-corrected chi connectivity index (χ4v) is 9.69. The van der Waals surface area contributed by atoms with Gasteiger partial charge in [-0.15, -0.1) is 4.33 Å². The van der Waals surface area contributed by atoms with Gasteiger partial charge in [0.25, 0.3) is 0 Å². The van der Waals surface area contributed by atoms with E-state index in [-0.39, 0.29) is 56.5 Å². The number of nitrogens with zero attached hydrogens (tertiary/aromatic N) is 1. The number of carbonyl (C=O) groups is 2. The number of methoxy groups -OCH3 is 2. The van der Waals surface area contributed by atoms with Crippen molar-refractivity contribution >= 4 is 33.4 Å². The molecule has 111 heavy (non-hydrogen) atoms. The van der Waals surface area contributed by atoms with E-state index in [0.717, 1.165) is 54.1 Å². The van der Waals surface area contributed by atoms with Gasteiger partial charge in [-0.1, -0.05) is 43.7 Å². The lowest BCUT2D eigenvalue weighted by atomic mass is 10.1. The van der Waals surface area contributed by atoms with Crippen molar-refractivity contribution < 1.29 is 147 Å². The smallest absolute Gasteiger partial charge is 0.323 e. The van der Waals surface area contributed by atoms with Gasteiger partial charge in [0.15, 0.2) is 0 Å². The Morgan fingerprint density at radius 3 is 0.910 bits per heavy atom. The van der Waals surface area contributed by atoms with Crippen LogP contribution in [0, 0.1) is 6.92 Å². The highest BCUT2D eigenvalue weighted by atomic mass is 32.2. The molecule has 0 bridgehead atoms. The molecule has 0 unspecified atom stereocenters. The van der Waals surface area contributed by atoms with E-state index in [1.165, 1.54) is 26.4 Å². The largest absolute Gasteiger partial charge is 0.469 e. The van der Waals surface area contributed by atoms with Gasteiger partial charge in [0, 0.05) is 57.1 Å². The average molecular weight is 1620 g/mol. The van der Waals surface area contributed by atoms with Crippen molar-refractivity contribution in [3.8, 4) is 0 Å². The number of hydrogen-bond donors (Lipinski definition) is 5. The minimum atomic E-state index is -3.95. The zero-order valence-corrected chi connectivity index (χ0v) is 67.5. The Morgan fingerprint density at radius 2 is 0.622 bits per heavy atom. The summed E-state index contributed by atoms with van der Waals surface area (Å²) in [5.74, 6) is -0.487. The fraction of sp³-hybridized carbons (Fsp3) is 0.740. The summed E-state index contributed by atoms with van der Waals surface area (Å²) in [4.78, 5) is 29.3. The lowest BCUT2D eigenvalue weighted by Crippen LogP contribution is -2.29. The molecular formula is C77H134N2O31S. The topological polar surface area (TPSA) is 377 Å². The second-order valence-electron chi connectivity index (χ2n) is 23.7. The Kier molecular flexibility index (Phi) is 74.1. The van der Waals surface area contributed by atoms with Crippen LogP contribution in [-0.2, 0) is 155 Å². The highest BCUT2D eigenvalue weighted by molar-refractivity contribution is 7.86. The first-order valence-corrected chi connectivity index (χ1v) is 39.7. The molecule has 0 saturated heterocycles. The van der Waals surface area contributed by atoms with E-state index < -0.39 is 10.1 Å². The first kappa shape index (κ1) is 104. The second kappa shape index (κ2) is 79.0. The number of rotatable bonds is 78. The maximum Gasteiger partial charge on any atom is 0.323 e. The Bertz CT molecular complexity index is 2620. The molecule has 0 amide bonds. The first-order valence-electron chi connectivity index (χ1n) is 38.3. The molecule has 0 radical (unpaired) electrons. The molecular weight excluding hydrogens is 1480 g/mol. The van der Waals surface area contributed by atoms with Crippen LogP contribution in [0.15, 0.2) is 65.6 Å². The Morgan fingerprint density at radius 1 is 0.351 bits per heavy atom. The molecule has 0 spiro atoms. The summed E-state index contributed by atoms with van der Waals surface area (Å²) in [7, 11) is -1.21. The van der Waals surface area contributed by atoms with E-state index in [1.807, 2.05) is 31.2 Å². The van der Waals surface area contributed by atoms with Crippen LogP contribution < -0.4 is 10.2 Å². The Balaban J connectivity index is 0.000000917. The molecule has 0 saturated carbocycles. The molecule has 644 valence electrons. The van der Waals surface area contributed by atoms with E-state index in [0.29, 0.717) is 288 Å². The molecule has 3 rings (SSSR count). The number of aliphatic hydroxyl groups is 4. The number of esters is 2. The molecule has 0 aliphatic heterocycles. The van der Waals surface area contributed by atoms with Crippen molar-refractivity contribution in [2.45, 2.75) is 90.6 Å². The van der Waals surface area contributed by atoms with Gasteiger partial charge in [0.1, 0.15) is 6.61 Å².